The molecule has 0 atom stereocenters. The van der Waals surface area contributed by atoms with Gasteiger partial charge in [-0.25, -0.2) is 10.2 Å². The molecule has 0 radical (unpaired) electrons. The van der Waals surface area contributed by atoms with Crippen molar-refractivity contribution in [3.05, 3.63) is 76.2 Å². The number of hydrogen-bond acceptors (Lipinski definition) is 5. The van der Waals surface area contributed by atoms with E-state index < -0.39 is 11.9 Å². The highest BCUT2D eigenvalue weighted by Gasteiger charge is 2.21. The number of amides is 1. The Morgan fingerprint density at radius 1 is 0.970 bits per heavy atom. The summed E-state index contributed by atoms with van der Waals surface area (Å²) in [6, 6.07) is 13.8. The lowest BCUT2D eigenvalue weighted by molar-refractivity contribution is 0.0696. The van der Waals surface area contributed by atoms with E-state index in [1.807, 2.05) is 31.4 Å². The highest BCUT2D eigenvalue weighted by Crippen LogP contribution is 2.40. The third kappa shape index (κ3) is 5.49. The summed E-state index contributed by atoms with van der Waals surface area (Å²) >= 11 is 1.42. The number of thiophene rings is 1. The van der Waals surface area contributed by atoms with Crippen LogP contribution in [0.4, 0.5) is 0 Å². The Bertz CT molecular complexity index is 1180. The smallest absolute Gasteiger partial charge is 0.335 e. The number of nitrogens with zero attached hydrogens (tertiary/aromatic N) is 1. The van der Waals surface area contributed by atoms with Crippen LogP contribution in [0.5, 0.6) is 5.75 Å². The predicted octanol–water partition coefficient (Wildman–Crippen LogP) is 5.91. The van der Waals surface area contributed by atoms with Crippen molar-refractivity contribution in [2.75, 3.05) is 0 Å². The standard InChI is InChI=1S/C26H28N2O4S/c1-15(2)21(27-28-24(30)17-6-8-18(9-7-17)25(31)32)20-14-33-23(22(20)29)16-10-12-19(13-11-16)26(3,4)5/h6-15,29H,1-5H3,(H,28,30)(H,31,32). The first-order valence-corrected chi connectivity index (χ1v) is 11.5. The first kappa shape index (κ1) is 24.2. The van der Waals surface area contributed by atoms with Crippen LogP contribution < -0.4 is 5.43 Å². The molecule has 33 heavy (non-hydrogen) atoms. The highest BCUT2D eigenvalue weighted by atomic mass is 32.1. The maximum absolute atomic E-state index is 12.5. The van der Waals surface area contributed by atoms with Gasteiger partial charge in [-0.1, -0.05) is 58.9 Å². The Morgan fingerprint density at radius 3 is 2.06 bits per heavy atom. The van der Waals surface area contributed by atoms with Crippen molar-refractivity contribution in [3.8, 4) is 16.2 Å². The van der Waals surface area contributed by atoms with E-state index in [1.165, 1.54) is 41.2 Å². The van der Waals surface area contributed by atoms with Crippen molar-refractivity contribution >= 4 is 28.9 Å². The normalized spacial score (nSPS) is 12.1. The molecule has 0 aliphatic carbocycles. The molecule has 3 N–H and O–H groups in total. The van der Waals surface area contributed by atoms with Crippen molar-refractivity contribution < 1.29 is 19.8 Å². The zero-order valence-corrected chi connectivity index (χ0v) is 20.2. The quantitative estimate of drug-likeness (QED) is 0.312. The molecule has 172 valence electrons. The molecular weight excluding hydrogens is 436 g/mol. The van der Waals surface area contributed by atoms with Crippen LogP contribution in [0.15, 0.2) is 59.0 Å². The molecule has 0 saturated heterocycles. The number of hydrogen-bond donors (Lipinski definition) is 3. The topological polar surface area (TPSA) is 99.0 Å². The van der Waals surface area contributed by atoms with Crippen molar-refractivity contribution in [3.63, 3.8) is 0 Å². The first-order valence-electron chi connectivity index (χ1n) is 10.6. The summed E-state index contributed by atoms with van der Waals surface area (Å²) in [6.07, 6.45) is 0. The zero-order chi connectivity index (χ0) is 24.3. The van der Waals surface area contributed by atoms with Gasteiger partial charge < -0.3 is 10.2 Å². The van der Waals surface area contributed by atoms with E-state index in [0.717, 1.165) is 10.4 Å². The predicted molar refractivity (Wildman–Crippen MR) is 132 cm³/mol. The second kappa shape index (κ2) is 9.58. The third-order valence-corrected chi connectivity index (χ3v) is 6.29. The number of benzene rings is 2. The van der Waals surface area contributed by atoms with Gasteiger partial charge in [0, 0.05) is 10.9 Å². The number of carbonyl (C=O) groups excluding carboxylic acids is 1. The molecule has 0 unspecified atom stereocenters. The number of rotatable bonds is 6. The molecule has 1 heterocycles. The first-order chi connectivity index (χ1) is 15.5. The molecule has 0 bridgehead atoms. The van der Waals surface area contributed by atoms with Crippen LogP contribution in [0.2, 0.25) is 0 Å². The molecular formula is C26H28N2O4S. The number of aromatic hydroxyl groups is 1. The summed E-state index contributed by atoms with van der Waals surface area (Å²) in [5, 5.41) is 26.1. The van der Waals surface area contributed by atoms with Gasteiger partial charge in [0.2, 0.25) is 0 Å². The van der Waals surface area contributed by atoms with Gasteiger partial charge in [-0.2, -0.15) is 5.10 Å². The summed E-state index contributed by atoms with van der Waals surface area (Å²) in [4.78, 5) is 24.2. The molecule has 0 aliphatic rings. The van der Waals surface area contributed by atoms with Crippen LogP contribution in [-0.2, 0) is 5.41 Å². The number of carbonyl (C=O) groups is 2. The van der Waals surface area contributed by atoms with Crippen LogP contribution in [-0.4, -0.2) is 27.8 Å². The van der Waals surface area contributed by atoms with Gasteiger partial charge in [0.1, 0.15) is 5.75 Å². The Kier molecular flexibility index (Phi) is 7.03. The van der Waals surface area contributed by atoms with Gasteiger partial charge >= 0.3 is 5.97 Å². The molecule has 3 rings (SSSR count). The van der Waals surface area contributed by atoms with Gasteiger partial charge in [-0.3, -0.25) is 4.79 Å². The maximum Gasteiger partial charge on any atom is 0.335 e. The molecule has 1 amide bonds. The fraction of sp³-hybridized carbons (Fsp3) is 0.269. The summed E-state index contributed by atoms with van der Waals surface area (Å²) in [5.41, 5.74) is 6.22. The van der Waals surface area contributed by atoms with Crippen LogP contribution in [0.25, 0.3) is 10.4 Å². The lowest BCUT2D eigenvalue weighted by atomic mass is 9.86. The lowest BCUT2D eigenvalue weighted by Gasteiger charge is -2.19. The zero-order valence-electron chi connectivity index (χ0n) is 19.3. The summed E-state index contributed by atoms with van der Waals surface area (Å²) in [6.45, 7) is 10.3. The molecule has 0 spiro atoms. The second-order valence-corrected chi connectivity index (χ2v) is 10.0. The Hall–Kier alpha value is -3.45. The molecule has 3 aromatic rings. The van der Waals surface area contributed by atoms with Crippen molar-refractivity contribution in [2.24, 2.45) is 11.0 Å². The van der Waals surface area contributed by atoms with Gasteiger partial charge in [0.05, 0.1) is 21.7 Å². The Morgan fingerprint density at radius 2 is 1.55 bits per heavy atom. The average molecular weight is 465 g/mol. The minimum Gasteiger partial charge on any atom is -0.506 e. The molecule has 0 saturated carbocycles. The van der Waals surface area contributed by atoms with Crippen LogP contribution in [0.1, 0.15) is 66.5 Å². The Balaban J connectivity index is 1.85. The van der Waals surface area contributed by atoms with E-state index in [2.05, 4.69) is 43.4 Å². The average Bonchev–Trinajstić information content (AvgIpc) is 3.14. The largest absolute Gasteiger partial charge is 0.506 e. The van der Waals surface area contributed by atoms with Crippen molar-refractivity contribution in [1.29, 1.82) is 0 Å². The van der Waals surface area contributed by atoms with Gasteiger partial charge in [0.15, 0.2) is 0 Å². The van der Waals surface area contributed by atoms with E-state index in [4.69, 9.17) is 5.11 Å². The lowest BCUT2D eigenvalue weighted by Crippen LogP contribution is -2.22. The Labute approximate surface area is 197 Å². The minimum atomic E-state index is -1.06. The number of carboxylic acid groups (broad SMARTS) is 1. The molecule has 0 aliphatic heterocycles. The van der Waals surface area contributed by atoms with E-state index in [1.54, 1.807) is 0 Å². The van der Waals surface area contributed by atoms with Crippen LogP contribution in [0.3, 0.4) is 0 Å². The monoisotopic (exact) mass is 464 g/mol. The third-order valence-electron chi connectivity index (χ3n) is 5.27. The highest BCUT2D eigenvalue weighted by molar-refractivity contribution is 7.14. The number of nitrogens with one attached hydrogen (secondary N) is 1. The van der Waals surface area contributed by atoms with E-state index in [9.17, 15) is 14.7 Å². The summed E-state index contributed by atoms with van der Waals surface area (Å²) in [7, 11) is 0. The molecule has 6 nitrogen and oxygen atoms in total. The minimum absolute atomic E-state index is 0.0464. The molecule has 0 fully saturated rings. The van der Waals surface area contributed by atoms with Gasteiger partial charge in [-0.15, -0.1) is 11.3 Å². The molecule has 2 aromatic carbocycles. The SMILES string of the molecule is CC(C)C(=NNC(=O)c1ccc(C(=O)O)cc1)c1csc(-c2ccc(C(C)(C)C)cc2)c1O. The summed E-state index contributed by atoms with van der Waals surface area (Å²) in [5.74, 6) is -1.44. The number of aromatic carboxylic acids is 1. The number of carboxylic acids is 1. The molecule has 1 aromatic heterocycles. The summed E-state index contributed by atoms with van der Waals surface area (Å²) < 4.78 is 0. The second-order valence-electron chi connectivity index (χ2n) is 9.13. The van der Waals surface area contributed by atoms with Gasteiger partial charge in [-0.05, 0) is 46.7 Å². The molecule has 7 heteroatoms. The maximum atomic E-state index is 12.5. The van der Waals surface area contributed by atoms with Gasteiger partial charge in [0.25, 0.3) is 5.91 Å². The fourth-order valence-electron chi connectivity index (χ4n) is 3.30. The van der Waals surface area contributed by atoms with E-state index in [-0.39, 0.29) is 22.6 Å². The van der Waals surface area contributed by atoms with Crippen molar-refractivity contribution in [1.82, 2.24) is 5.43 Å². The number of hydrazone groups is 1. The van der Waals surface area contributed by atoms with Crippen LogP contribution in [0, 0.1) is 5.92 Å². The van der Waals surface area contributed by atoms with E-state index >= 15 is 0 Å². The fourth-order valence-corrected chi connectivity index (χ4v) is 4.26. The van der Waals surface area contributed by atoms with E-state index in [0.29, 0.717) is 16.8 Å². The van der Waals surface area contributed by atoms with Crippen LogP contribution >= 0.6 is 11.3 Å². The van der Waals surface area contributed by atoms with Crippen molar-refractivity contribution in [2.45, 2.75) is 40.0 Å².